The van der Waals surface area contributed by atoms with Crippen LogP contribution in [0.15, 0.2) is 35.2 Å². The first kappa shape index (κ1) is 19.1. The molecule has 7 nitrogen and oxygen atoms in total. The van der Waals surface area contributed by atoms with Crippen molar-refractivity contribution in [1.29, 1.82) is 0 Å². The van der Waals surface area contributed by atoms with Crippen molar-refractivity contribution >= 4 is 22.0 Å². The Labute approximate surface area is 135 Å². The van der Waals surface area contributed by atoms with Crippen molar-refractivity contribution in [2.24, 2.45) is 5.92 Å². The predicted molar refractivity (Wildman–Crippen MR) is 83.2 cm³/mol. The lowest BCUT2D eigenvalue weighted by atomic mass is 9.98. The lowest BCUT2D eigenvalue weighted by Gasteiger charge is -2.20. The van der Waals surface area contributed by atoms with Crippen LogP contribution in [0.2, 0.25) is 0 Å². The van der Waals surface area contributed by atoms with Gasteiger partial charge < -0.3 is 9.84 Å². The molecule has 0 saturated carbocycles. The van der Waals surface area contributed by atoms with Crippen molar-refractivity contribution in [1.82, 2.24) is 4.72 Å². The van der Waals surface area contributed by atoms with Crippen molar-refractivity contribution in [3.8, 4) is 0 Å². The highest BCUT2D eigenvalue weighted by Crippen LogP contribution is 2.16. The minimum atomic E-state index is -3.95. The lowest BCUT2D eigenvalue weighted by molar-refractivity contribution is -0.147. The summed E-state index contributed by atoms with van der Waals surface area (Å²) in [6.45, 7) is 3.33. The van der Waals surface area contributed by atoms with Crippen molar-refractivity contribution in [3.63, 3.8) is 0 Å². The van der Waals surface area contributed by atoms with E-state index in [2.05, 4.69) is 4.72 Å². The van der Waals surface area contributed by atoms with Gasteiger partial charge in [0.05, 0.1) is 17.4 Å². The van der Waals surface area contributed by atoms with Gasteiger partial charge in [-0.3, -0.25) is 9.59 Å². The van der Waals surface area contributed by atoms with Crippen LogP contribution in [0.5, 0.6) is 0 Å². The van der Waals surface area contributed by atoms with Gasteiger partial charge in [0.2, 0.25) is 10.0 Å². The molecule has 0 heterocycles. The average molecular weight is 343 g/mol. The van der Waals surface area contributed by atoms with Crippen LogP contribution in [0.25, 0.3) is 0 Å². The van der Waals surface area contributed by atoms with E-state index in [0.29, 0.717) is 0 Å². The maximum Gasteiger partial charge on any atom is 0.324 e. The zero-order chi connectivity index (χ0) is 17.5. The van der Waals surface area contributed by atoms with E-state index in [-0.39, 0.29) is 24.3 Å². The number of carboxylic acid groups (broad SMARTS) is 1. The number of sulfonamides is 1. The third-order valence-electron chi connectivity index (χ3n) is 3.28. The van der Waals surface area contributed by atoms with E-state index < -0.39 is 33.9 Å². The van der Waals surface area contributed by atoms with Crippen LogP contribution in [0, 0.1) is 5.92 Å². The number of carbonyl (C=O) groups is 2. The minimum Gasteiger partial charge on any atom is -0.481 e. The summed E-state index contributed by atoms with van der Waals surface area (Å²) in [5, 5.41) is 9.12. The molecule has 1 aromatic carbocycles. The monoisotopic (exact) mass is 343 g/mol. The Morgan fingerprint density at radius 1 is 1.22 bits per heavy atom. The van der Waals surface area contributed by atoms with Crippen LogP contribution in [0.1, 0.15) is 26.7 Å². The van der Waals surface area contributed by atoms with E-state index >= 15 is 0 Å². The molecule has 2 N–H and O–H groups in total. The minimum absolute atomic E-state index is 0.00216. The molecule has 0 unspecified atom stereocenters. The van der Waals surface area contributed by atoms with Crippen LogP contribution >= 0.6 is 0 Å². The summed E-state index contributed by atoms with van der Waals surface area (Å²) < 4.78 is 31.7. The van der Waals surface area contributed by atoms with Gasteiger partial charge in [-0.25, -0.2) is 8.42 Å². The molecule has 0 aromatic heterocycles. The molecule has 1 aromatic rings. The van der Waals surface area contributed by atoms with Crippen LogP contribution < -0.4 is 4.72 Å². The second-order valence-corrected chi connectivity index (χ2v) is 6.63. The Kier molecular flexibility index (Phi) is 7.18. The highest BCUT2D eigenvalue weighted by Gasteiger charge is 2.31. The maximum atomic E-state index is 12.3. The number of hydrogen-bond donors (Lipinski definition) is 2. The second-order valence-electron chi connectivity index (χ2n) is 4.92. The second kappa shape index (κ2) is 8.64. The predicted octanol–water partition coefficient (Wildman–Crippen LogP) is 1.40. The fourth-order valence-electron chi connectivity index (χ4n) is 2.02. The van der Waals surface area contributed by atoms with Gasteiger partial charge in [-0.2, -0.15) is 4.72 Å². The molecular weight excluding hydrogens is 322 g/mol. The first-order valence-corrected chi connectivity index (χ1v) is 8.77. The lowest BCUT2D eigenvalue weighted by Crippen LogP contribution is -2.43. The largest absolute Gasteiger partial charge is 0.481 e. The standard InChI is InChI=1S/C15H21NO6S/c1-3-11(14(17)18)10-13(15(19)22-4-2)16-23(20,21)12-8-6-5-7-9-12/h5-9,11,13,16H,3-4,10H2,1-2H3,(H,17,18)/t11-,13+/m1/s1. The molecular formula is C15H21NO6S. The van der Waals surface area contributed by atoms with E-state index in [1.165, 1.54) is 12.1 Å². The molecule has 0 saturated heterocycles. The highest BCUT2D eigenvalue weighted by molar-refractivity contribution is 7.89. The number of nitrogens with one attached hydrogen (secondary N) is 1. The van der Waals surface area contributed by atoms with E-state index in [1.54, 1.807) is 32.0 Å². The average Bonchev–Trinajstić information content (AvgIpc) is 2.52. The molecule has 0 aliphatic carbocycles. The molecule has 0 radical (unpaired) electrons. The first-order valence-electron chi connectivity index (χ1n) is 7.28. The summed E-state index contributed by atoms with van der Waals surface area (Å²) >= 11 is 0. The van der Waals surface area contributed by atoms with Gasteiger partial charge >= 0.3 is 11.9 Å². The summed E-state index contributed by atoms with van der Waals surface area (Å²) in [4.78, 5) is 23.1. The van der Waals surface area contributed by atoms with Crippen LogP contribution in [0.4, 0.5) is 0 Å². The third kappa shape index (κ3) is 5.65. The van der Waals surface area contributed by atoms with Gasteiger partial charge in [-0.05, 0) is 31.9 Å². The maximum absolute atomic E-state index is 12.3. The topological polar surface area (TPSA) is 110 Å². The molecule has 128 valence electrons. The van der Waals surface area contributed by atoms with Crippen molar-refractivity contribution in [2.45, 2.75) is 37.6 Å². The summed E-state index contributed by atoms with van der Waals surface area (Å²) in [6, 6.07) is 6.30. The fourth-order valence-corrected chi connectivity index (χ4v) is 3.24. The molecule has 0 bridgehead atoms. The number of benzene rings is 1. The normalized spacial score (nSPS) is 14.0. The summed E-state index contributed by atoms with van der Waals surface area (Å²) in [5.74, 6) is -2.71. The quantitative estimate of drug-likeness (QED) is 0.656. The SMILES string of the molecule is CCOC(=O)[C@H](C[C@@H](CC)C(=O)O)NS(=O)(=O)c1ccccc1. The fraction of sp³-hybridized carbons (Fsp3) is 0.467. The number of aliphatic carboxylic acids is 1. The van der Waals surface area contributed by atoms with E-state index in [9.17, 15) is 18.0 Å². The molecule has 1 rings (SSSR count). The van der Waals surface area contributed by atoms with E-state index in [4.69, 9.17) is 9.84 Å². The number of ether oxygens (including phenoxy) is 1. The Morgan fingerprint density at radius 3 is 2.30 bits per heavy atom. The Bertz CT molecular complexity index is 629. The first-order chi connectivity index (χ1) is 10.8. The Morgan fingerprint density at radius 2 is 1.83 bits per heavy atom. The summed E-state index contributed by atoms with van der Waals surface area (Å²) in [7, 11) is -3.95. The Hall–Kier alpha value is -1.93. The van der Waals surface area contributed by atoms with Gasteiger partial charge in [0.25, 0.3) is 0 Å². The van der Waals surface area contributed by atoms with Crippen LogP contribution in [0.3, 0.4) is 0 Å². The van der Waals surface area contributed by atoms with Crippen LogP contribution in [-0.4, -0.2) is 38.1 Å². The summed E-state index contributed by atoms with van der Waals surface area (Å²) in [6.07, 6.45) is 0.106. The van der Waals surface area contributed by atoms with Gasteiger partial charge in [-0.15, -0.1) is 0 Å². The Balaban J connectivity index is 3.01. The molecule has 8 heteroatoms. The number of rotatable bonds is 9. The molecule has 23 heavy (non-hydrogen) atoms. The van der Waals surface area contributed by atoms with Gasteiger partial charge in [0.1, 0.15) is 6.04 Å². The smallest absolute Gasteiger partial charge is 0.324 e. The van der Waals surface area contributed by atoms with Gasteiger partial charge in [-0.1, -0.05) is 25.1 Å². The molecule has 0 fully saturated rings. The van der Waals surface area contributed by atoms with Gasteiger partial charge in [0.15, 0.2) is 0 Å². The number of esters is 1. The number of hydrogen-bond acceptors (Lipinski definition) is 5. The van der Waals surface area contributed by atoms with E-state index in [1.807, 2.05) is 0 Å². The third-order valence-corrected chi connectivity index (χ3v) is 4.77. The number of carboxylic acids is 1. The molecule has 0 amide bonds. The van der Waals surface area contributed by atoms with Crippen molar-refractivity contribution in [2.75, 3.05) is 6.61 Å². The number of carbonyl (C=O) groups excluding carboxylic acids is 1. The summed E-state index contributed by atoms with van der Waals surface area (Å²) in [5.41, 5.74) is 0. The van der Waals surface area contributed by atoms with Crippen LogP contribution in [-0.2, 0) is 24.3 Å². The zero-order valence-corrected chi connectivity index (χ0v) is 13.9. The molecule has 0 aliphatic heterocycles. The molecule has 0 spiro atoms. The van der Waals surface area contributed by atoms with E-state index in [0.717, 1.165) is 0 Å². The van der Waals surface area contributed by atoms with Gasteiger partial charge in [0, 0.05) is 0 Å². The van der Waals surface area contributed by atoms with Crippen molar-refractivity contribution < 1.29 is 27.9 Å². The molecule has 0 aliphatic rings. The van der Waals surface area contributed by atoms with Crippen molar-refractivity contribution in [3.05, 3.63) is 30.3 Å². The highest BCUT2D eigenvalue weighted by atomic mass is 32.2. The zero-order valence-electron chi connectivity index (χ0n) is 13.1. The molecule has 2 atom stereocenters.